The van der Waals surface area contributed by atoms with E-state index < -0.39 is 30.4 Å². The molecule has 1 saturated heterocycles. The number of ether oxygens (including phenoxy) is 1. The standard InChI is InChI=1S/C10H16F2N2O4/c1-10(11,12)6-7(8(15)16)13-9(17)14-2-4-18-5-3-14/h7H,2-6H2,1H3,(H,13,17)(H,15,16)/t7-/m0/s1. The van der Waals surface area contributed by atoms with Crippen LogP contribution in [0.5, 0.6) is 0 Å². The van der Waals surface area contributed by atoms with Gasteiger partial charge in [0, 0.05) is 19.5 Å². The summed E-state index contributed by atoms with van der Waals surface area (Å²) < 4.78 is 30.6. The van der Waals surface area contributed by atoms with Crippen molar-refractivity contribution in [1.29, 1.82) is 0 Å². The van der Waals surface area contributed by atoms with Gasteiger partial charge in [-0.2, -0.15) is 0 Å². The van der Waals surface area contributed by atoms with Gasteiger partial charge in [-0.15, -0.1) is 0 Å². The molecule has 0 unspecified atom stereocenters. The average Bonchev–Trinajstić information content (AvgIpc) is 2.27. The van der Waals surface area contributed by atoms with Crippen LogP contribution in [0.15, 0.2) is 0 Å². The minimum absolute atomic E-state index is 0.320. The number of morpholine rings is 1. The molecular formula is C10H16F2N2O4. The highest BCUT2D eigenvalue weighted by molar-refractivity contribution is 5.82. The first-order valence-electron chi connectivity index (χ1n) is 5.53. The Balaban J connectivity index is 2.54. The van der Waals surface area contributed by atoms with Gasteiger partial charge in [0.1, 0.15) is 6.04 Å². The van der Waals surface area contributed by atoms with Crippen LogP contribution >= 0.6 is 0 Å². The van der Waals surface area contributed by atoms with E-state index in [-0.39, 0.29) is 0 Å². The Labute approximate surface area is 103 Å². The lowest BCUT2D eigenvalue weighted by Gasteiger charge is -2.28. The third-order valence-corrected chi connectivity index (χ3v) is 2.46. The number of amides is 2. The molecule has 1 atom stereocenters. The molecule has 1 aliphatic rings. The van der Waals surface area contributed by atoms with Crippen LogP contribution in [0.1, 0.15) is 13.3 Å². The molecule has 1 heterocycles. The quantitative estimate of drug-likeness (QED) is 0.778. The van der Waals surface area contributed by atoms with Crippen LogP contribution in [-0.2, 0) is 9.53 Å². The summed E-state index contributed by atoms with van der Waals surface area (Å²) in [6.45, 7) is 1.97. The van der Waals surface area contributed by atoms with Gasteiger partial charge in [-0.25, -0.2) is 18.4 Å². The van der Waals surface area contributed by atoms with Crippen molar-refractivity contribution in [3.63, 3.8) is 0 Å². The van der Waals surface area contributed by atoms with Crippen molar-refractivity contribution < 1.29 is 28.2 Å². The maximum atomic E-state index is 12.8. The van der Waals surface area contributed by atoms with Gasteiger partial charge >= 0.3 is 12.0 Å². The van der Waals surface area contributed by atoms with Gasteiger partial charge in [0.05, 0.1) is 13.2 Å². The van der Waals surface area contributed by atoms with E-state index in [1.807, 2.05) is 0 Å². The van der Waals surface area contributed by atoms with Gasteiger partial charge in [-0.3, -0.25) is 0 Å². The molecule has 0 radical (unpaired) electrons. The van der Waals surface area contributed by atoms with Crippen LogP contribution in [-0.4, -0.2) is 60.3 Å². The second-order valence-electron chi connectivity index (χ2n) is 4.21. The zero-order valence-electron chi connectivity index (χ0n) is 9.99. The highest BCUT2D eigenvalue weighted by Gasteiger charge is 2.33. The van der Waals surface area contributed by atoms with Crippen LogP contribution in [0.25, 0.3) is 0 Å². The van der Waals surface area contributed by atoms with Crippen molar-refractivity contribution in [2.75, 3.05) is 26.3 Å². The lowest BCUT2D eigenvalue weighted by Crippen LogP contribution is -2.52. The first-order chi connectivity index (χ1) is 8.29. The highest BCUT2D eigenvalue weighted by Crippen LogP contribution is 2.19. The molecule has 18 heavy (non-hydrogen) atoms. The van der Waals surface area contributed by atoms with Gasteiger partial charge in [-0.05, 0) is 6.92 Å². The predicted molar refractivity (Wildman–Crippen MR) is 57.6 cm³/mol. The van der Waals surface area contributed by atoms with Gasteiger partial charge in [0.2, 0.25) is 5.92 Å². The molecule has 0 aromatic rings. The monoisotopic (exact) mass is 266 g/mol. The Hall–Kier alpha value is -1.44. The molecule has 0 aromatic carbocycles. The number of nitrogens with one attached hydrogen (secondary N) is 1. The molecule has 1 aliphatic heterocycles. The molecule has 0 aliphatic carbocycles. The number of urea groups is 1. The topological polar surface area (TPSA) is 78.9 Å². The van der Waals surface area contributed by atoms with Crippen molar-refractivity contribution in [3.05, 3.63) is 0 Å². The average molecular weight is 266 g/mol. The smallest absolute Gasteiger partial charge is 0.326 e. The lowest BCUT2D eigenvalue weighted by atomic mass is 10.1. The van der Waals surface area contributed by atoms with Crippen LogP contribution in [0.2, 0.25) is 0 Å². The fraction of sp³-hybridized carbons (Fsp3) is 0.800. The molecular weight excluding hydrogens is 250 g/mol. The molecule has 0 bridgehead atoms. The minimum atomic E-state index is -3.15. The number of carbonyl (C=O) groups excluding carboxylic acids is 1. The number of rotatable bonds is 4. The first-order valence-corrected chi connectivity index (χ1v) is 5.53. The maximum Gasteiger partial charge on any atom is 0.326 e. The van der Waals surface area contributed by atoms with Crippen LogP contribution in [0.3, 0.4) is 0 Å². The van der Waals surface area contributed by atoms with Gasteiger partial charge in [0.15, 0.2) is 0 Å². The molecule has 1 fully saturated rings. The SMILES string of the molecule is CC(F)(F)C[C@H](NC(=O)N1CCOCC1)C(=O)O. The Morgan fingerprint density at radius 2 is 2.00 bits per heavy atom. The summed E-state index contributed by atoms with van der Waals surface area (Å²) in [6.07, 6.45) is -0.932. The van der Waals surface area contributed by atoms with Crippen molar-refractivity contribution >= 4 is 12.0 Å². The normalized spacial score (nSPS) is 18.3. The second-order valence-corrected chi connectivity index (χ2v) is 4.21. The number of carboxylic acids is 1. The van der Waals surface area contributed by atoms with E-state index in [1.165, 1.54) is 4.90 Å². The predicted octanol–water partition coefficient (Wildman–Crippen LogP) is 0.527. The van der Waals surface area contributed by atoms with Crippen LogP contribution < -0.4 is 5.32 Å². The first kappa shape index (κ1) is 14.6. The van der Waals surface area contributed by atoms with Gasteiger partial charge in [0.25, 0.3) is 0 Å². The maximum absolute atomic E-state index is 12.8. The minimum Gasteiger partial charge on any atom is -0.480 e. The number of carbonyl (C=O) groups is 2. The van der Waals surface area contributed by atoms with Crippen LogP contribution in [0, 0.1) is 0 Å². The van der Waals surface area contributed by atoms with Gasteiger partial charge < -0.3 is 20.1 Å². The lowest BCUT2D eigenvalue weighted by molar-refractivity contribution is -0.141. The third kappa shape index (κ3) is 4.82. The molecule has 2 N–H and O–H groups in total. The highest BCUT2D eigenvalue weighted by atomic mass is 19.3. The molecule has 0 aromatic heterocycles. The second kappa shape index (κ2) is 5.94. The summed E-state index contributed by atoms with van der Waals surface area (Å²) in [6, 6.07) is -2.25. The number of halogens is 2. The fourth-order valence-corrected chi connectivity index (χ4v) is 1.57. The zero-order valence-corrected chi connectivity index (χ0v) is 9.99. The third-order valence-electron chi connectivity index (χ3n) is 2.46. The number of hydrogen-bond acceptors (Lipinski definition) is 3. The van der Waals surface area contributed by atoms with Crippen molar-refractivity contribution in [3.8, 4) is 0 Å². The summed E-state index contributed by atoms with van der Waals surface area (Å²) in [5.74, 6) is -4.63. The van der Waals surface area contributed by atoms with E-state index >= 15 is 0 Å². The molecule has 8 heteroatoms. The van der Waals surface area contributed by atoms with Crippen molar-refractivity contribution in [1.82, 2.24) is 10.2 Å². The molecule has 1 rings (SSSR count). The Morgan fingerprint density at radius 1 is 1.44 bits per heavy atom. The van der Waals surface area contributed by atoms with E-state index in [0.717, 1.165) is 0 Å². The fourth-order valence-electron chi connectivity index (χ4n) is 1.57. The van der Waals surface area contributed by atoms with E-state index in [2.05, 4.69) is 5.32 Å². The summed E-state index contributed by atoms with van der Waals surface area (Å²) in [4.78, 5) is 23.8. The summed E-state index contributed by atoms with van der Waals surface area (Å²) in [5, 5.41) is 10.9. The number of nitrogens with zero attached hydrogens (tertiary/aromatic N) is 1. The summed E-state index contributed by atoms with van der Waals surface area (Å²) in [5.41, 5.74) is 0. The largest absolute Gasteiger partial charge is 0.480 e. The van der Waals surface area contributed by atoms with E-state index in [1.54, 1.807) is 0 Å². The van der Waals surface area contributed by atoms with E-state index in [9.17, 15) is 18.4 Å². The number of carboxylic acid groups (broad SMARTS) is 1. The molecule has 104 valence electrons. The zero-order chi connectivity index (χ0) is 13.8. The van der Waals surface area contributed by atoms with Crippen molar-refractivity contribution in [2.24, 2.45) is 0 Å². The summed E-state index contributed by atoms with van der Waals surface area (Å²) >= 11 is 0. The number of aliphatic carboxylic acids is 1. The summed E-state index contributed by atoms with van der Waals surface area (Å²) in [7, 11) is 0. The Morgan fingerprint density at radius 3 is 2.44 bits per heavy atom. The molecule has 6 nitrogen and oxygen atoms in total. The molecule has 2 amide bonds. The number of hydrogen-bond donors (Lipinski definition) is 2. The van der Waals surface area contributed by atoms with Crippen molar-refractivity contribution in [2.45, 2.75) is 25.3 Å². The molecule has 0 saturated carbocycles. The van der Waals surface area contributed by atoms with E-state index in [0.29, 0.717) is 33.2 Å². The van der Waals surface area contributed by atoms with E-state index in [4.69, 9.17) is 9.84 Å². The Kier molecular flexibility index (Phi) is 4.83. The molecule has 0 spiro atoms. The number of alkyl halides is 2. The Bertz CT molecular complexity index is 313. The van der Waals surface area contributed by atoms with Gasteiger partial charge in [-0.1, -0.05) is 0 Å². The van der Waals surface area contributed by atoms with Crippen LogP contribution in [0.4, 0.5) is 13.6 Å².